The molecular weight excluding hydrogens is 385 g/mol. The monoisotopic (exact) mass is 403 g/mol. The second kappa shape index (κ2) is 7.43. The van der Waals surface area contributed by atoms with E-state index in [9.17, 15) is 22.7 Å². The number of halogens is 1. The van der Waals surface area contributed by atoms with Crippen LogP contribution in [0.3, 0.4) is 0 Å². The molecule has 0 saturated carbocycles. The first-order chi connectivity index (χ1) is 13.2. The lowest BCUT2D eigenvalue weighted by Gasteiger charge is -2.10. The zero-order valence-electron chi connectivity index (χ0n) is 15.2. The van der Waals surface area contributed by atoms with Crippen LogP contribution in [0.4, 0.5) is 10.1 Å². The van der Waals surface area contributed by atoms with Crippen molar-refractivity contribution < 1.29 is 22.7 Å². The fraction of sp³-hybridized carbons (Fsp3) is 0.158. The Hall–Kier alpha value is -3.20. The van der Waals surface area contributed by atoms with E-state index >= 15 is 0 Å². The summed E-state index contributed by atoms with van der Waals surface area (Å²) in [6, 6.07) is 9.68. The van der Waals surface area contributed by atoms with Gasteiger partial charge in [-0.1, -0.05) is 19.1 Å². The van der Waals surface area contributed by atoms with Crippen LogP contribution < -0.4 is 5.32 Å². The summed E-state index contributed by atoms with van der Waals surface area (Å²) >= 11 is 0. The van der Waals surface area contributed by atoms with Gasteiger partial charge in [0.15, 0.2) is 9.84 Å². The lowest BCUT2D eigenvalue weighted by Crippen LogP contribution is -2.14. The number of benzene rings is 2. The zero-order chi connectivity index (χ0) is 20.5. The number of aromatic hydroxyl groups is 1. The highest BCUT2D eigenvalue weighted by molar-refractivity contribution is 7.91. The number of phenols is 1. The van der Waals surface area contributed by atoms with Gasteiger partial charge in [-0.2, -0.15) is 5.10 Å². The maximum atomic E-state index is 14.0. The van der Waals surface area contributed by atoms with Crippen LogP contribution >= 0.6 is 0 Å². The summed E-state index contributed by atoms with van der Waals surface area (Å²) in [5.74, 6) is -1.49. The highest BCUT2D eigenvalue weighted by Crippen LogP contribution is 2.28. The van der Waals surface area contributed by atoms with Gasteiger partial charge in [-0.05, 0) is 37.3 Å². The molecule has 0 atom stereocenters. The van der Waals surface area contributed by atoms with Crippen LogP contribution in [0.2, 0.25) is 0 Å². The number of hydrogen-bond donors (Lipinski definition) is 2. The minimum absolute atomic E-state index is 0.0122. The first-order valence-corrected chi connectivity index (χ1v) is 10.1. The van der Waals surface area contributed by atoms with Gasteiger partial charge in [-0.15, -0.1) is 0 Å². The molecule has 1 amide bonds. The number of rotatable bonds is 5. The number of hydrogen-bond acceptors (Lipinski definition) is 5. The minimum atomic E-state index is -3.50. The lowest BCUT2D eigenvalue weighted by molar-refractivity contribution is 0.102. The number of aromatic nitrogens is 2. The Balaban J connectivity index is 1.93. The summed E-state index contributed by atoms with van der Waals surface area (Å²) in [5.41, 5.74) is 0.696. The summed E-state index contributed by atoms with van der Waals surface area (Å²) in [4.78, 5) is 12.6. The molecule has 2 N–H and O–H groups in total. The highest BCUT2D eigenvalue weighted by Gasteiger charge is 2.19. The molecule has 0 aliphatic carbocycles. The fourth-order valence-corrected chi connectivity index (χ4v) is 3.57. The molecule has 0 aliphatic heterocycles. The van der Waals surface area contributed by atoms with Gasteiger partial charge in [0.2, 0.25) is 0 Å². The predicted molar refractivity (Wildman–Crippen MR) is 102 cm³/mol. The van der Waals surface area contributed by atoms with Crippen LogP contribution in [0.25, 0.3) is 5.69 Å². The van der Waals surface area contributed by atoms with Crippen LogP contribution in [0, 0.1) is 12.7 Å². The zero-order valence-corrected chi connectivity index (χ0v) is 16.0. The molecule has 0 aliphatic rings. The Labute approximate surface area is 161 Å². The molecule has 0 radical (unpaired) electrons. The second-order valence-electron chi connectivity index (χ2n) is 6.04. The van der Waals surface area contributed by atoms with Crippen molar-refractivity contribution in [3.63, 3.8) is 0 Å². The van der Waals surface area contributed by atoms with Crippen molar-refractivity contribution in [3.8, 4) is 11.4 Å². The smallest absolute Gasteiger partial charge is 0.259 e. The molecule has 0 fully saturated rings. The summed E-state index contributed by atoms with van der Waals surface area (Å²) in [6.45, 7) is 3.10. The molecule has 0 spiro atoms. The number of nitrogens with one attached hydrogen (secondary N) is 1. The molecule has 9 heteroatoms. The molecule has 0 unspecified atom stereocenters. The molecule has 28 heavy (non-hydrogen) atoms. The van der Waals surface area contributed by atoms with Gasteiger partial charge in [-0.3, -0.25) is 4.79 Å². The SMILES string of the molecule is CCS(=O)(=O)c1ccc(O)c(NC(=O)c2cnn(-c3ccccc3F)c2C)c1. The number of sulfone groups is 1. The van der Waals surface area contributed by atoms with Gasteiger partial charge in [0.1, 0.15) is 17.3 Å². The van der Waals surface area contributed by atoms with E-state index in [1.54, 1.807) is 19.1 Å². The second-order valence-corrected chi connectivity index (χ2v) is 8.32. The molecule has 7 nitrogen and oxygen atoms in total. The van der Waals surface area contributed by atoms with Crippen molar-refractivity contribution >= 4 is 21.4 Å². The van der Waals surface area contributed by atoms with Gasteiger partial charge in [0.25, 0.3) is 5.91 Å². The third-order valence-electron chi connectivity index (χ3n) is 4.29. The molecule has 3 rings (SSSR count). The van der Waals surface area contributed by atoms with E-state index in [-0.39, 0.29) is 33.3 Å². The first kappa shape index (κ1) is 19.6. The van der Waals surface area contributed by atoms with Crippen molar-refractivity contribution in [3.05, 3.63) is 65.7 Å². The molecule has 146 valence electrons. The largest absolute Gasteiger partial charge is 0.506 e. The number of nitrogens with zero attached hydrogens (tertiary/aromatic N) is 2. The number of amides is 1. The van der Waals surface area contributed by atoms with E-state index in [0.717, 1.165) is 0 Å². The lowest BCUT2D eigenvalue weighted by atomic mass is 10.2. The van der Waals surface area contributed by atoms with E-state index in [0.29, 0.717) is 5.69 Å². The van der Waals surface area contributed by atoms with Crippen molar-refractivity contribution in [2.24, 2.45) is 0 Å². The predicted octanol–water partition coefficient (Wildman–Crippen LogP) is 3.07. The number of para-hydroxylation sites is 1. The van der Waals surface area contributed by atoms with E-state index in [1.807, 2.05) is 0 Å². The quantitative estimate of drug-likeness (QED) is 0.638. The Kier molecular flexibility index (Phi) is 5.19. The Morgan fingerprint density at radius 3 is 2.64 bits per heavy atom. The summed E-state index contributed by atoms with van der Waals surface area (Å²) in [5, 5.41) is 16.5. The first-order valence-electron chi connectivity index (χ1n) is 8.41. The maximum Gasteiger partial charge on any atom is 0.259 e. The Bertz CT molecular complexity index is 1160. The average molecular weight is 403 g/mol. The van der Waals surface area contributed by atoms with Gasteiger partial charge in [0, 0.05) is 0 Å². The van der Waals surface area contributed by atoms with Gasteiger partial charge in [0.05, 0.1) is 33.8 Å². The number of carbonyl (C=O) groups excluding carboxylic acids is 1. The normalized spacial score (nSPS) is 11.4. The average Bonchev–Trinajstić information content (AvgIpc) is 3.05. The van der Waals surface area contributed by atoms with Crippen molar-refractivity contribution in [1.29, 1.82) is 0 Å². The van der Waals surface area contributed by atoms with E-state index in [2.05, 4.69) is 10.4 Å². The number of carbonyl (C=O) groups is 1. The molecule has 2 aromatic carbocycles. The van der Waals surface area contributed by atoms with Crippen LogP contribution in [0.15, 0.2) is 53.6 Å². The van der Waals surface area contributed by atoms with E-state index in [4.69, 9.17) is 0 Å². The van der Waals surface area contributed by atoms with Crippen molar-refractivity contribution in [1.82, 2.24) is 9.78 Å². The molecule has 3 aromatic rings. The van der Waals surface area contributed by atoms with Gasteiger partial charge < -0.3 is 10.4 Å². The molecule has 0 saturated heterocycles. The third-order valence-corrected chi connectivity index (χ3v) is 6.02. The van der Waals surface area contributed by atoms with Crippen LogP contribution in [0.5, 0.6) is 5.75 Å². The summed E-state index contributed by atoms with van der Waals surface area (Å²) in [6.07, 6.45) is 1.28. The van der Waals surface area contributed by atoms with Crippen molar-refractivity contribution in [2.45, 2.75) is 18.7 Å². The summed E-state index contributed by atoms with van der Waals surface area (Å²) < 4.78 is 39.3. The van der Waals surface area contributed by atoms with Crippen LogP contribution in [0.1, 0.15) is 23.0 Å². The van der Waals surface area contributed by atoms with Gasteiger partial charge >= 0.3 is 0 Å². The number of phenolic OH excluding ortho intramolecular Hbond substituents is 1. The summed E-state index contributed by atoms with van der Waals surface area (Å²) in [7, 11) is -3.50. The van der Waals surface area contributed by atoms with Gasteiger partial charge in [-0.25, -0.2) is 17.5 Å². The van der Waals surface area contributed by atoms with E-state index in [1.165, 1.54) is 48.1 Å². The highest BCUT2D eigenvalue weighted by atomic mass is 32.2. The van der Waals surface area contributed by atoms with Crippen LogP contribution in [-0.4, -0.2) is 35.0 Å². The van der Waals surface area contributed by atoms with Crippen molar-refractivity contribution in [2.75, 3.05) is 11.1 Å². The molecule has 1 heterocycles. The molecule has 0 bridgehead atoms. The topological polar surface area (TPSA) is 101 Å². The minimum Gasteiger partial charge on any atom is -0.506 e. The Morgan fingerprint density at radius 1 is 1.25 bits per heavy atom. The van der Waals surface area contributed by atoms with E-state index < -0.39 is 21.6 Å². The fourth-order valence-electron chi connectivity index (χ4n) is 2.66. The third kappa shape index (κ3) is 3.61. The van der Waals surface area contributed by atoms with Crippen LogP contribution in [-0.2, 0) is 9.84 Å². The maximum absolute atomic E-state index is 14.0. The Morgan fingerprint density at radius 2 is 1.96 bits per heavy atom. The number of anilines is 1. The molecule has 1 aromatic heterocycles. The standard InChI is InChI=1S/C19H18FN3O4S/c1-3-28(26,27)13-8-9-18(24)16(10-13)22-19(25)14-11-21-23(12(14)2)17-7-5-4-6-15(17)20/h4-11,24H,3H2,1-2H3,(H,22,25). The molecular formula is C19H18FN3O4S.